The molecule has 2 saturated heterocycles. The van der Waals surface area contributed by atoms with Gasteiger partial charge in [-0.25, -0.2) is 0 Å². The summed E-state index contributed by atoms with van der Waals surface area (Å²) < 4.78 is 7.91. The second-order valence-electron chi connectivity index (χ2n) is 6.01. The molecule has 2 bridgehead atoms. The maximum Gasteiger partial charge on any atom is 0.0707 e. The molecule has 106 valence electrons. The number of nitrogens with zero attached hydrogens (tertiary/aromatic N) is 3. The molecule has 2 aliphatic heterocycles. The highest BCUT2D eigenvalue weighted by Gasteiger charge is 2.36. The number of likely N-dealkylation sites (tertiary alicyclic amines) is 1. The van der Waals surface area contributed by atoms with Crippen molar-refractivity contribution in [3.05, 3.63) is 18.0 Å². The van der Waals surface area contributed by atoms with Gasteiger partial charge in [0.2, 0.25) is 0 Å². The van der Waals surface area contributed by atoms with Gasteiger partial charge in [0, 0.05) is 37.4 Å². The van der Waals surface area contributed by atoms with Gasteiger partial charge in [0.1, 0.15) is 0 Å². The highest BCUT2D eigenvalue weighted by atomic mass is 16.5. The first-order chi connectivity index (χ1) is 9.17. The summed E-state index contributed by atoms with van der Waals surface area (Å²) in [7, 11) is 0. The number of nitrogens with two attached hydrogens (primary N) is 1. The van der Waals surface area contributed by atoms with Crippen LogP contribution in [0.5, 0.6) is 0 Å². The van der Waals surface area contributed by atoms with Gasteiger partial charge in [-0.15, -0.1) is 0 Å². The van der Waals surface area contributed by atoms with Crippen molar-refractivity contribution in [2.75, 3.05) is 19.6 Å². The van der Waals surface area contributed by atoms with E-state index in [2.05, 4.69) is 30.0 Å². The van der Waals surface area contributed by atoms with E-state index in [0.717, 1.165) is 13.1 Å². The highest BCUT2D eigenvalue weighted by Crippen LogP contribution is 2.31. The average Bonchev–Trinajstić information content (AvgIpc) is 2.98. The first kappa shape index (κ1) is 13.1. The second-order valence-corrected chi connectivity index (χ2v) is 6.01. The number of ether oxygens (including phenoxy) is 1. The number of fused-ring (bicyclic) bond motifs is 2. The Morgan fingerprint density at radius 1 is 1.37 bits per heavy atom. The van der Waals surface area contributed by atoms with Crippen LogP contribution in [0.2, 0.25) is 0 Å². The molecule has 0 aliphatic carbocycles. The van der Waals surface area contributed by atoms with Crippen LogP contribution in [-0.2, 0) is 4.74 Å². The molecule has 3 heterocycles. The number of rotatable bonds is 4. The molecule has 0 saturated carbocycles. The van der Waals surface area contributed by atoms with Gasteiger partial charge in [0.25, 0.3) is 0 Å². The van der Waals surface area contributed by atoms with Gasteiger partial charge >= 0.3 is 0 Å². The van der Waals surface area contributed by atoms with Gasteiger partial charge in [0.05, 0.1) is 24.4 Å². The van der Waals surface area contributed by atoms with E-state index in [4.69, 9.17) is 10.5 Å². The third-order valence-corrected chi connectivity index (χ3v) is 4.27. The van der Waals surface area contributed by atoms with Gasteiger partial charge in [-0.2, -0.15) is 5.10 Å². The molecule has 5 nitrogen and oxygen atoms in total. The van der Waals surface area contributed by atoms with Crippen molar-refractivity contribution in [2.45, 2.75) is 51.0 Å². The van der Waals surface area contributed by atoms with Crippen molar-refractivity contribution in [3.8, 4) is 0 Å². The van der Waals surface area contributed by atoms with Crippen molar-refractivity contribution < 1.29 is 4.74 Å². The molecule has 1 aromatic heterocycles. The van der Waals surface area contributed by atoms with E-state index in [0.29, 0.717) is 24.8 Å². The Hall–Kier alpha value is -0.910. The molecule has 5 heteroatoms. The summed E-state index contributed by atoms with van der Waals surface area (Å²) in [6, 6.07) is 0.674. The summed E-state index contributed by atoms with van der Waals surface area (Å²) in [5, 5.41) is 4.44. The van der Waals surface area contributed by atoms with Crippen LogP contribution in [0.1, 0.15) is 44.3 Å². The lowest BCUT2D eigenvalue weighted by molar-refractivity contribution is -0.0521. The van der Waals surface area contributed by atoms with Crippen LogP contribution in [0.15, 0.2) is 12.4 Å². The van der Waals surface area contributed by atoms with Crippen LogP contribution in [0.3, 0.4) is 0 Å². The summed E-state index contributed by atoms with van der Waals surface area (Å²) in [6.45, 7) is 6.94. The Bertz CT molecular complexity index is 419. The third-order valence-electron chi connectivity index (χ3n) is 4.27. The molecule has 1 aromatic rings. The molecule has 0 aromatic carbocycles. The molecule has 2 N–H and O–H groups in total. The number of aromatic nitrogens is 2. The van der Waals surface area contributed by atoms with Crippen LogP contribution in [0.4, 0.5) is 0 Å². The molecule has 3 unspecified atom stereocenters. The van der Waals surface area contributed by atoms with E-state index in [1.165, 1.54) is 18.4 Å². The van der Waals surface area contributed by atoms with Crippen LogP contribution in [-0.4, -0.2) is 46.5 Å². The standard InChI is InChI=1S/C14H24N4O/c1-10(2)18-7-11(6-16-18)14(5-15)17-8-12-3-4-13(9-17)19-12/h6-7,10,12-14H,3-5,8-9,15H2,1-2H3. The lowest BCUT2D eigenvalue weighted by atomic mass is 10.1. The summed E-state index contributed by atoms with van der Waals surface area (Å²) in [6.07, 6.45) is 7.32. The Labute approximate surface area is 114 Å². The molecular formula is C14H24N4O. The maximum atomic E-state index is 6.01. The Morgan fingerprint density at radius 3 is 2.58 bits per heavy atom. The minimum Gasteiger partial charge on any atom is -0.372 e. The van der Waals surface area contributed by atoms with Crippen molar-refractivity contribution >= 4 is 0 Å². The molecule has 2 aliphatic rings. The minimum absolute atomic E-state index is 0.277. The average molecular weight is 264 g/mol. The normalized spacial score (nSPS) is 29.1. The van der Waals surface area contributed by atoms with Gasteiger partial charge < -0.3 is 10.5 Å². The Kier molecular flexibility index (Phi) is 3.60. The van der Waals surface area contributed by atoms with E-state index in [1.54, 1.807) is 0 Å². The van der Waals surface area contributed by atoms with E-state index in [9.17, 15) is 0 Å². The van der Waals surface area contributed by atoms with Crippen molar-refractivity contribution in [2.24, 2.45) is 5.73 Å². The fraction of sp³-hybridized carbons (Fsp3) is 0.786. The predicted molar refractivity (Wildman–Crippen MR) is 73.9 cm³/mol. The lowest BCUT2D eigenvalue weighted by Gasteiger charge is -2.37. The van der Waals surface area contributed by atoms with Crippen LogP contribution >= 0.6 is 0 Å². The quantitative estimate of drug-likeness (QED) is 0.891. The van der Waals surface area contributed by atoms with E-state index >= 15 is 0 Å². The molecule has 3 rings (SSSR count). The molecular weight excluding hydrogens is 240 g/mol. The molecule has 3 atom stereocenters. The lowest BCUT2D eigenvalue weighted by Crippen LogP contribution is -2.46. The molecule has 19 heavy (non-hydrogen) atoms. The Morgan fingerprint density at radius 2 is 2.05 bits per heavy atom. The van der Waals surface area contributed by atoms with Gasteiger partial charge in [-0.05, 0) is 26.7 Å². The fourth-order valence-electron chi connectivity index (χ4n) is 3.20. The van der Waals surface area contributed by atoms with Crippen LogP contribution < -0.4 is 5.73 Å². The monoisotopic (exact) mass is 264 g/mol. The second kappa shape index (κ2) is 5.23. The first-order valence-corrected chi connectivity index (χ1v) is 7.31. The topological polar surface area (TPSA) is 56.3 Å². The summed E-state index contributed by atoms with van der Waals surface area (Å²) in [5.41, 5.74) is 7.25. The third kappa shape index (κ3) is 2.55. The smallest absolute Gasteiger partial charge is 0.0707 e. The molecule has 0 amide bonds. The molecule has 0 spiro atoms. The predicted octanol–water partition coefficient (Wildman–Crippen LogP) is 1.33. The molecule has 2 fully saturated rings. The van der Waals surface area contributed by atoms with E-state index in [-0.39, 0.29) is 6.04 Å². The van der Waals surface area contributed by atoms with Gasteiger partial charge in [-0.1, -0.05) is 0 Å². The van der Waals surface area contributed by atoms with Crippen molar-refractivity contribution in [3.63, 3.8) is 0 Å². The summed E-state index contributed by atoms with van der Waals surface area (Å²) in [5.74, 6) is 0. The zero-order valence-corrected chi connectivity index (χ0v) is 11.8. The number of morpholine rings is 1. The summed E-state index contributed by atoms with van der Waals surface area (Å²) >= 11 is 0. The first-order valence-electron chi connectivity index (χ1n) is 7.31. The Balaban J connectivity index is 1.76. The zero-order valence-electron chi connectivity index (χ0n) is 11.8. The summed E-state index contributed by atoms with van der Waals surface area (Å²) in [4.78, 5) is 2.48. The minimum atomic E-state index is 0.277. The van der Waals surface area contributed by atoms with Gasteiger partial charge in [0.15, 0.2) is 0 Å². The van der Waals surface area contributed by atoms with Crippen molar-refractivity contribution in [1.29, 1.82) is 0 Å². The van der Waals surface area contributed by atoms with Gasteiger partial charge in [-0.3, -0.25) is 9.58 Å². The van der Waals surface area contributed by atoms with E-state index in [1.807, 2.05) is 10.9 Å². The highest BCUT2D eigenvalue weighted by molar-refractivity contribution is 5.12. The van der Waals surface area contributed by atoms with Crippen LogP contribution in [0.25, 0.3) is 0 Å². The maximum absolute atomic E-state index is 6.01. The van der Waals surface area contributed by atoms with E-state index < -0.39 is 0 Å². The zero-order chi connectivity index (χ0) is 13.4. The number of hydrogen-bond acceptors (Lipinski definition) is 4. The SMILES string of the molecule is CC(C)n1cc(C(CN)N2CC3CCC(C2)O3)cn1. The fourth-order valence-corrected chi connectivity index (χ4v) is 3.20. The van der Waals surface area contributed by atoms with Crippen LogP contribution in [0, 0.1) is 0 Å². The number of hydrogen-bond donors (Lipinski definition) is 1. The largest absolute Gasteiger partial charge is 0.372 e. The van der Waals surface area contributed by atoms with Crippen molar-refractivity contribution in [1.82, 2.24) is 14.7 Å². The molecule has 0 radical (unpaired) electrons.